The van der Waals surface area contributed by atoms with E-state index in [1.807, 2.05) is 12.1 Å². The van der Waals surface area contributed by atoms with Crippen molar-refractivity contribution < 1.29 is 5.11 Å². The Morgan fingerprint density at radius 2 is 1.55 bits per heavy atom. The van der Waals surface area contributed by atoms with Crippen LogP contribution in [0.1, 0.15) is 44.7 Å². The first-order chi connectivity index (χ1) is 9.47. The van der Waals surface area contributed by atoms with E-state index in [4.69, 9.17) is 0 Å². The van der Waals surface area contributed by atoms with Gasteiger partial charge in [0.1, 0.15) is 5.75 Å². The van der Waals surface area contributed by atoms with Crippen LogP contribution in [-0.2, 0) is 6.42 Å². The molecule has 1 nitrogen and oxygen atoms in total. The molecule has 106 valence electrons. The first-order valence-electron chi connectivity index (χ1n) is 7.39. The smallest absolute Gasteiger partial charge is 0.115 e. The summed E-state index contributed by atoms with van der Waals surface area (Å²) in [4.78, 5) is 0. The van der Waals surface area contributed by atoms with Gasteiger partial charge in [-0.2, -0.15) is 0 Å². The fraction of sp³-hybridized carbons (Fsp3) is 0.368. The highest BCUT2D eigenvalue weighted by atomic mass is 16.3. The first kappa shape index (κ1) is 14.6. The summed E-state index contributed by atoms with van der Waals surface area (Å²) >= 11 is 0. The van der Waals surface area contributed by atoms with Crippen LogP contribution >= 0.6 is 0 Å². The highest BCUT2D eigenvalue weighted by Gasteiger charge is 2.10. The molecule has 2 aromatic rings. The average molecular weight is 268 g/mol. The summed E-state index contributed by atoms with van der Waals surface area (Å²) in [7, 11) is 0. The van der Waals surface area contributed by atoms with Gasteiger partial charge >= 0.3 is 0 Å². The van der Waals surface area contributed by atoms with Gasteiger partial charge in [-0.05, 0) is 52.6 Å². The Morgan fingerprint density at radius 3 is 2.10 bits per heavy atom. The van der Waals surface area contributed by atoms with Crippen LogP contribution in [0, 0.1) is 5.92 Å². The molecule has 2 aromatic carbocycles. The molecule has 0 saturated heterocycles. The molecule has 0 bridgehead atoms. The van der Waals surface area contributed by atoms with Crippen LogP contribution in [0.2, 0.25) is 0 Å². The Hall–Kier alpha value is -1.76. The van der Waals surface area contributed by atoms with Crippen molar-refractivity contribution in [1.29, 1.82) is 0 Å². The Balaban J connectivity index is 2.50. The average Bonchev–Trinajstić information content (AvgIpc) is 2.39. The van der Waals surface area contributed by atoms with Gasteiger partial charge < -0.3 is 5.11 Å². The van der Waals surface area contributed by atoms with E-state index in [9.17, 15) is 5.11 Å². The predicted octanol–water partition coefficient (Wildman–Crippen LogP) is 5.38. The third-order valence-electron chi connectivity index (χ3n) is 3.61. The molecule has 1 heteroatoms. The van der Waals surface area contributed by atoms with Crippen LogP contribution in [-0.4, -0.2) is 5.11 Å². The minimum atomic E-state index is 0.319. The van der Waals surface area contributed by atoms with E-state index in [0.29, 0.717) is 17.6 Å². The van der Waals surface area contributed by atoms with Gasteiger partial charge in [0.2, 0.25) is 0 Å². The topological polar surface area (TPSA) is 20.2 Å². The highest BCUT2D eigenvalue weighted by Crippen LogP contribution is 2.30. The monoisotopic (exact) mass is 268 g/mol. The van der Waals surface area contributed by atoms with Gasteiger partial charge in [-0.1, -0.05) is 58.0 Å². The molecule has 0 aromatic heterocycles. The van der Waals surface area contributed by atoms with Gasteiger partial charge in [0.15, 0.2) is 0 Å². The fourth-order valence-corrected chi connectivity index (χ4v) is 2.48. The molecule has 0 spiro atoms. The van der Waals surface area contributed by atoms with Crippen molar-refractivity contribution in [2.24, 2.45) is 5.92 Å². The predicted molar refractivity (Wildman–Crippen MR) is 86.2 cm³/mol. The fourth-order valence-electron chi connectivity index (χ4n) is 2.48. The number of rotatable bonds is 4. The number of hydrogen-bond acceptors (Lipinski definition) is 1. The van der Waals surface area contributed by atoms with E-state index in [-0.39, 0.29) is 0 Å². The van der Waals surface area contributed by atoms with E-state index in [2.05, 4.69) is 45.9 Å². The van der Waals surface area contributed by atoms with Crippen molar-refractivity contribution in [2.45, 2.75) is 40.0 Å². The lowest BCUT2D eigenvalue weighted by Crippen LogP contribution is -1.99. The Labute approximate surface area is 122 Å². The molecule has 2 rings (SSSR count). The van der Waals surface area contributed by atoms with E-state index < -0.39 is 0 Å². The quantitative estimate of drug-likeness (QED) is 0.789. The van der Waals surface area contributed by atoms with Crippen molar-refractivity contribution in [3.8, 4) is 16.9 Å². The molecule has 20 heavy (non-hydrogen) atoms. The lowest BCUT2D eigenvalue weighted by atomic mass is 9.90. The van der Waals surface area contributed by atoms with E-state index in [1.165, 1.54) is 22.3 Å². The van der Waals surface area contributed by atoms with Crippen LogP contribution in [0.3, 0.4) is 0 Å². The second-order valence-electron chi connectivity index (χ2n) is 6.22. The zero-order valence-electron chi connectivity index (χ0n) is 12.9. The highest BCUT2D eigenvalue weighted by molar-refractivity contribution is 5.69. The summed E-state index contributed by atoms with van der Waals surface area (Å²) in [6.45, 7) is 8.93. The Kier molecular flexibility index (Phi) is 4.49. The molecular formula is C19H24O. The molecule has 0 aliphatic carbocycles. The van der Waals surface area contributed by atoms with Gasteiger partial charge in [-0.15, -0.1) is 0 Å². The number of phenolic OH excluding ortho intramolecular Hbond substituents is 1. The molecule has 0 atom stereocenters. The van der Waals surface area contributed by atoms with Gasteiger partial charge in [-0.3, -0.25) is 0 Å². The van der Waals surface area contributed by atoms with Crippen molar-refractivity contribution in [2.75, 3.05) is 0 Å². The molecule has 0 saturated carbocycles. The van der Waals surface area contributed by atoms with Gasteiger partial charge in [-0.25, -0.2) is 0 Å². The maximum Gasteiger partial charge on any atom is 0.115 e. The molecule has 0 fully saturated rings. The molecular weight excluding hydrogens is 244 g/mol. The molecule has 0 radical (unpaired) electrons. The summed E-state index contributed by atoms with van der Waals surface area (Å²) in [6.07, 6.45) is 1.08. The SMILES string of the molecule is CC(C)Cc1ccc(C(C)C)cc1-c1ccc(O)cc1. The van der Waals surface area contributed by atoms with Gasteiger partial charge in [0.25, 0.3) is 0 Å². The van der Waals surface area contributed by atoms with Crippen molar-refractivity contribution in [3.63, 3.8) is 0 Å². The second kappa shape index (κ2) is 6.13. The van der Waals surface area contributed by atoms with Crippen molar-refractivity contribution >= 4 is 0 Å². The third-order valence-corrected chi connectivity index (χ3v) is 3.61. The molecule has 0 aliphatic heterocycles. The van der Waals surface area contributed by atoms with Gasteiger partial charge in [0, 0.05) is 0 Å². The van der Waals surface area contributed by atoms with Crippen LogP contribution < -0.4 is 0 Å². The van der Waals surface area contributed by atoms with Gasteiger partial charge in [0.05, 0.1) is 0 Å². The molecule has 0 aliphatic rings. The van der Waals surface area contributed by atoms with E-state index in [1.54, 1.807) is 12.1 Å². The zero-order valence-corrected chi connectivity index (χ0v) is 12.9. The van der Waals surface area contributed by atoms with Crippen LogP contribution in [0.5, 0.6) is 5.75 Å². The van der Waals surface area contributed by atoms with Crippen molar-refractivity contribution in [1.82, 2.24) is 0 Å². The summed E-state index contributed by atoms with van der Waals surface area (Å²) in [5.74, 6) is 1.48. The van der Waals surface area contributed by atoms with Crippen LogP contribution in [0.15, 0.2) is 42.5 Å². The lowest BCUT2D eigenvalue weighted by Gasteiger charge is -2.15. The third kappa shape index (κ3) is 3.41. The molecule has 1 N–H and O–H groups in total. The molecule has 0 amide bonds. The maximum atomic E-state index is 9.46. The standard InChI is InChI=1S/C19H24O/c1-13(2)11-17-6-5-16(14(3)4)12-19(17)15-7-9-18(20)10-8-15/h5-10,12-14,20H,11H2,1-4H3. The minimum absolute atomic E-state index is 0.319. The Bertz CT molecular complexity index is 565. The molecule has 0 heterocycles. The lowest BCUT2D eigenvalue weighted by molar-refractivity contribution is 0.475. The Morgan fingerprint density at radius 1 is 0.900 bits per heavy atom. The first-order valence-corrected chi connectivity index (χ1v) is 7.39. The summed E-state index contributed by atoms with van der Waals surface area (Å²) in [5.41, 5.74) is 5.22. The number of hydrogen-bond donors (Lipinski definition) is 1. The van der Waals surface area contributed by atoms with E-state index >= 15 is 0 Å². The largest absolute Gasteiger partial charge is 0.508 e. The normalized spacial score (nSPS) is 11.3. The minimum Gasteiger partial charge on any atom is -0.508 e. The maximum absolute atomic E-state index is 9.46. The van der Waals surface area contributed by atoms with E-state index in [0.717, 1.165) is 6.42 Å². The van der Waals surface area contributed by atoms with Crippen LogP contribution in [0.4, 0.5) is 0 Å². The number of benzene rings is 2. The zero-order chi connectivity index (χ0) is 14.7. The summed E-state index contributed by atoms with van der Waals surface area (Å²) < 4.78 is 0. The van der Waals surface area contributed by atoms with Crippen LogP contribution in [0.25, 0.3) is 11.1 Å². The molecule has 0 unspecified atom stereocenters. The summed E-state index contributed by atoms with van der Waals surface area (Å²) in [6, 6.07) is 14.3. The second-order valence-corrected chi connectivity index (χ2v) is 6.22. The van der Waals surface area contributed by atoms with Crippen molar-refractivity contribution in [3.05, 3.63) is 53.6 Å². The number of aromatic hydroxyl groups is 1. The number of phenols is 1. The summed E-state index contributed by atoms with van der Waals surface area (Å²) in [5, 5.41) is 9.46.